The Morgan fingerprint density at radius 1 is 1.13 bits per heavy atom. The molecular formula is C24H34IN3O2S. The molecule has 1 heterocycles. The normalized spacial score (nSPS) is 15.7. The molecule has 0 bridgehead atoms. The summed E-state index contributed by atoms with van der Waals surface area (Å²) in [5.74, 6) is 1.70. The summed E-state index contributed by atoms with van der Waals surface area (Å²) in [7, 11) is 3.52. The molecule has 2 aromatic carbocycles. The summed E-state index contributed by atoms with van der Waals surface area (Å²) < 4.78 is 11.0. The summed E-state index contributed by atoms with van der Waals surface area (Å²) in [5.41, 5.74) is 3.91. The fraction of sp³-hybridized carbons (Fsp3) is 0.458. The highest BCUT2D eigenvalue weighted by Gasteiger charge is 2.34. The predicted molar refractivity (Wildman–Crippen MR) is 141 cm³/mol. The predicted octanol–water partition coefficient (Wildman–Crippen LogP) is 4.76. The molecule has 1 aliphatic heterocycles. The number of hydrogen-bond acceptors (Lipinski definition) is 4. The molecule has 0 amide bonds. The second-order valence-corrected chi connectivity index (χ2v) is 8.56. The molecule has 3 rings (SSSR count). The van der Waals surface area contributed by atoms with E-state index in [2.05, 4.69) is 59.1 Å². The van der Waals surface area contributed by atoms with E-state index in [1.165, 1.54) is 21.6 Å². The van der Waals surface area contributed by atoms with Crippen molar-refractivity contribution in [1.29, 1.82) is 0 Å². The monoisotopic (exact) mass is 555 g/mol. The number of hydrogen-bond donors (Lipinski definition) is 2. The van der Waals surface area contributed by atoms with Crippen molar-refractivity contribution < 1.29 is 9.47 Å². The first-order valence-electron chi connectivity index (χ1n) is 10.4. The summed E-state index contributed by atoms with van der Waals surface area (Å²) in [6.45, 7) is 5.24. The summed E-state index contributed by atoms with van der Waals surface area (Å²) >= 11 is 1.78. The van der Waals surface area contributed by atoms with E-state index in [1.54, 1.807) is 18.9 Å². The van der Waals surface area contributed by atoms with Crippen molar-refractivity contribution in [2.24, 2.45) is 4.99 Å². The number of aryl methyl sites for hydroxylation is 1. The number of guanidine groups is 1. The molecule has 0 spiro atoms. The van der Waals surface area contributed by atoms with Crippen LogP contribution in [0.15, 0.2) is 52.4 Å². The molecule has 0 unspecified atom stereocenters. The highest BCUT2D eigenvalue weighted by Crippen LogP contribution is 2.35. The molecule has 1 saturated heterocycles. The van der Waals surface area contributed by atoms with Crippen LogP contribution < -0.4 is 15.4 Å². The minimum Gasteiger partial charge on any atom is -0.497 e. The first-order valence-corrected chi connectivity index (χ1v) is 11.6. The molecule has 7 heteroatoms. The first-order chi connectivity index (χ1) is 14.6. The van der Waals surface area contributed by atoms with E-state index in [9.17, 15) is 0 Å². The number of ether oxygens (including phenoxy) is 2. The van der Waals surface area contributed by atoms with Gasteiger partial charge in [-0.25, -0.2) is 0 Å². The number of benzene rings is 2. The van der Waals surface area contributed by atoms with Gasteiger partial charge in [0.1, 0.15) is 5.75 Å². The number of thioether (sulfide) groups is 1. The van der Waals surface area contributed by atoms with Crippen molar-refractivity contribution >= 4 is 41.7 Å². The molecule has 31 heavy (non-hydrogen) atoms. The lowest BCUT2D eigenvalue weighted by Gasteiger charge is -2.38. The molecule has 1 aliphatic rings. The lowest BCUT2D eigenvalue weighted by Crippen LogP contribution is -2.47. The quantitative estimate of drug-likeness (QED) is 0.224. The lowest BCUT2D eigenvalue weighted by molar-refractivity contribution is 0.0513. The average Bonchev–Trinajstić information content (AvgIpc) is 2.80. The number of methoxy groups -OCH3 is 1. The molecule has 2 aromatic rings. The van der Waals surface area contributed by atoms with Crippen molar-refractivity contribution in [3.63, 3.8) is 0 Å². The fourth-order valence-corrected chi connectivity index (χ4v) is 4.63. The first kappa shape index (κ1) is 25.8. The van der Waals surface area contributed by atoms with Gasteiger partial charge in [-0.15, -0.1) is 35.7 Å². The lowest BCUT2D eigenvalue weighted by atomic mass is 9.74. The Morgan fingerprint density at radius 3 is 2.45 bits per heavy atom. The highest BCUT2D eigenvalue weighted by molar-refractivity contribution is 14.0. The third-order valence-corrected chi connectivity index (χ3v) is 6.68. The zero-order valence-corrected chi connectivity index (χ0v) is 22.0. The van der Waals surface area contributed by atoms with Crippen LogP contribution in [0.4, 0.5) is 0 Å². The largest absolute Gasteiger partial charge is 0.497 e. The van der Waals surface area contributed by atoms with Crippen LogP contribution in [0.2, 0.25) is 0 Å². The van der Waals surface area contributed by atoms with E-state index in [0.717, 1.165) is 50.9 Å². The van der Waals surface area contributed by atoms with Crippen LogP contribution in [0.3, 0.4) is 0 Å². The molecule has 0 radical (unpaired) electrons. The molecule has 0 aliphatic carbocycles. The fourth-order valence-electron chi connectivity index (χ4n) is 3.92. The molecule has 5 nitrogen and oxygen atoms in total. The molecule has 0 atom stereocenters. The van der Waals surface area contributed by atoms with Crippen LogP contribution in [-0.4, -0.2) is 46.1 Å². The minimum atomic E-state index is 0. The van der Waals surface area contributed by atoms with Gasteiger partial charge in [-0.05, 0) is 60.9 Å². The number of nitrogens with zero attached hydrogens (tertiary/aromatic N) is 1. The van der Waals surface area contributed by atoms with Gasteiger partial charge in [0.25, 0.3) is 0 Å². The van der Waals surface area contributed by atoms with Crippen LogP contribution in [-0.2, 0) is 16.7 Å². The Morgan fingerprint density at radius 2 is 1.84 bits per heavy atom. The Bertz CT molecular complexity index is 852. The van der Waals surface area contributed by atoms with Gasteiger partial charge in [-0.1, -0.05) is 24.3 Å². The Balaban J connectivity index is 0.00000341. The van der Waals surface area contributed by atoms with E-state index >= 15 is 0 Å². The SMILES string of the molecule is CN=C(NCc1ccc(C)cc1SC)NCC1(c2ccc(OC)cc2)CCOCC1.I. The highest BCUT2D eigenvalue weighted by atomic mass is 127. The van der Waals surface area contributed by atoms with Crippen molar-refractivity contribution in [1.82, 2.24) is 10.6 Å². The molecular weight excluding hydrogens is 521 g/mol. The molecule has 170 valence electrons. The van der Waals surface area contributed by atoms with Crippen LogP contribution in [0.1, 0.15) is 29.5 Å². The molecule has 0 aromatic heterocycles. The van der Waals surface area contributed by atoms with Gasteiger partial charge in [0.15, 0.2) is 5.96 Å². The second-order valence-electron chi connectivity index (χ2n) is 7.72. The summed E-state index contributed by atoms with van der Waals surface area (Å²) in [6.07, 6.45) is 4.09. The van der Waals surface area contributed by atoms with E-state index in [1.807, 2.05) is 19.2 Å². The maximum Gasteiger partial charge on any atom is 0.191 e. The Labute approximate surface area is 207 Å². The zero-order valence-electron chi connectivity index (χ0n) is 18.9. The molecule has 0 saturated carbocycles. The average molecular weight is 556 g/mol. The Kier molecular flexibility index (Phi) is 10.4. The van der Waals surface area contributed by atoms with Gasteiger partial charge < -0.3 is 20.1 Å². The molecule has 2 N–H and O–H groups in total. The second kappa shape index (κ2) is 12.6. The topological polar surface area (TPSA) is 54.9 Å². The van der Waals surface area contributed by atoms with Crippen LogP contribution >= 0.6 is 35.7 Å². The minimum absolute atomic E-state index is 0. The van der Waals surface area contributed by atoms with Crippen molar-refractivity contribution in [2.75, 3.05) is 40.2 Å². The van der Waals surface area contributed by atoms with E-state index < -0.39 is 0 Å². The number of halogens is 1. The maximum absolute atomic E-state index is 5.66. The molecule has 1 fully saturated rings. The third kappa shape index (κ3) is 6.76. The van der Waals surface area contributed by atoms with Gasteiger partial charge in [-0.2, -0.15) is 0 Å². The van der Waals surface area contributed by atoms with Crippen LogP contribution in [0.5, 0.6) is 5.75 Å². The standard InChI is InChI=1S/C24H33N3O2S.HI/c1-18-5-6-19(22(15-18)30-4)16-26-23(25-2)27-17-24(11-13-29-14-12-24)20-7-9-21(28-3)10-8-20;/h5-10,15H,11-14,16-17H2,1-4H3,(H2,25,26,27);1H. The zero-order chi connectivity index (χ0) is 21.4. The van der Waals surface area contributed by atoms with E-state index in [4.69, 9.17) is 9.47 Å². The summed E-state index contributed by atoms with van der Waals surface area (Å²) in [5, 5.41) is 7.05. The van der Waals surface area contributed by atoms with Gasteiger partial charge in [0.2, 0.25) is 0 Å². The van der Waals surface area contributed by atoms with Gasteiger partial charge in [0.05, 0.1) is 7.11 Å². The summed E-state index contributed by atoms with van der Waals surface area (Å²) in [6, 6.07) is 15.0. The van der Waals surface area contributed by atoms with Crippen LogP contribution in [0.25, 0.3) is 0 Å². The number of rotatable bonds is 7. The third-order valence-electron chi connectivity index (χ3n) is 5.86. The van der Waals surface area contributed by atoms with Gasteiger partial charge in [-0.3, -0.25) is 4.99 Å². The Hall–Kier alpha value is -1.45. The van der Waals surface area contributed by atoms with Gasteiger partial charge >= 0.3 is 0 Å². The summed E-state index contributed by atoms with van der Waals surface area (Å²) in [4.78, 5) is 5.75. The van der Waals surface area contributed by atoms with Crippen molar-refractivity contribution in [3.05, 3.63) is 59.2 Å². The van der Waals surface area contributed by atoms with Crippen LogP contribution in [0, 0.1) is 6.92 Å². The van der Waals surface area contributed by atoms with Gasteiger partial charge in [0, 0.05) is 43.7 Å². The smallest absolute Gasteiger partial charge is 0.191 e. The maximum atomic E-state index is 5.66. The van der Waals surface area contributed by atoms with E-state index in [-0.39, 0.29) is 29.4 Å². The number of aliphatic imine (C=N–C) groups is 1. The van der Waals surface area contributed by atoms with Crippen molar-refractivity contribution in [3.8, 4) is 5.75 Å². The van der Waals surface area contributed by atoms with Crippen molar-refractivity contribution in [2.45, 2.75) is 36.6 Å². The number of nitrogens with one attached hydrogen (secondary N) is 2. The van der Waals surface area contributed by atoms with E-state index in [0.29, 0.717) is 0 Å².